The average molecular weight is 227 g/mol. The van der Waals surface area contributed by atoms with E-state index in [9.17, 15) is 4.79 Å². The highest BCUT2D eigenvalue weighted by molar-refractivity contribution is 5.33. The van der Waals surface area contributed by atoms with Crippen molar-refractivity contribution in [1.29, 1.82) is 0 Å². The van der Waals surface area contributed by atoms with Crippen LogP contribution in [-0.4, -0.2) is 16.1 Å². The van der Waals surface area contributed by atoms with Crippen molar-refractivity contribution in [2.45, 2.75) is 13.0 Å². The van der Waals surface area contributed by atoms with E-state index in [1.54, 1.807) is 10.9 Å². The maximum absolute atomic E-state index is 12.3. The summed E-state index contributed by atoms with van der Waals surface area (Å²) >= 11 is 0. The second-order valence-corrected chi connectivity index (χ2v) is 4.11. The molecule has 3 rings (SSSR count). The lowest BCUT2D eigenvalue weighted by Gasteiger charge is -2.16. The molecule has 0 bridgehead atoms. The standard InChI is InChI=1S/C13H13N3O/c17-13-11-6-7-14-8-12(11)15-9-16(13)10-4-2-1-3-5-10/h1-5,9,14H,6-8H2. The molecule has 1 aliphatic heterocycles. The lowest BCUT2D eigenvalue weighted by molar-refractivity contribution is 0.612. The Morgan fingerprint density at radius 2 is 2.06 bits per heavy atom. The van der Waals surface area contributed by atoms with Crippen LogP contribution in [0, 0.1) is 0 Å². The monoisotopic (exact) mass is 227 g/mol. The van der Waals surface area contributed by atoms with Crippen LogP contribution in [0.25, 0.3) is 5.69 Å². The van der Waals surface area contributed by atoms with Gasteiger partial charge in [-0.1, -0.05) is 18.2 Å². The van der Waals surface area contributed by atoms with Crippen molar-refractivity contribution in [2.75, 3.05) is 6.54 Å². The molecule has 0 atom stereocenters. The molecule has 1 N–H and O–H groups in total. The van der Waals surface area contributed by atoms with Gasteiger partial charge >= 0.3 is 0 Å². The number of benzene rings is 1. The number of nitrogens with one attached hydrogen (secondary N) is 1. The first-order valence-corrected chi connectivity index (χ1v) is 5.72. The molecule has 1 aliphatic rings. The highest BCUT2D eigenvalue weighted by Crippen LogP contribution is 2.08. The van der Waals surface area contributed by atoms with Gasteiger partial charge in [-0.3, -0.25) is 9.36 Å². The summed E-state index contributed by atoms with van der Waals surface area (Å²) in [6.45, 7) is 1.54. The number of para-hydroxylation sites is 1. The Kier molecular flexibility index (Phi) is 2.49. The van der Waals surface area contributed by atoms with Crippen molar-refractivity contribution in [2.24, 2.45) is 0 Å². The molecule has 0 fully saturated rings. The molecule has 2 heterocycles. The Morgan fingerprint density at radius 3 is 2.88 bits per heavy atom. The quantitative estimate of drug-likeness (QED) is 0.786. The number of hydrogen-bond donors (Lipinski definition) is 1. The van der Waals surface area contributed by atoms with Crippen molar-refractivity contribution < 1.29 is 0 Å². The Hall–Kier alpha value is -1.94. The van der Waals surface area contributed by atoms with Crippen molar-refractivity contribution >= 4 is 0 Å². The van der Waals surface area contributed by atoms with Gasteiger partial charge in [0.15, 0.2) is 0 Å². The third kappa shape index (κ3) is 1.76. The topological polar surface area (TPSA) is 46.9 Å². The molecule has 0 radical (unpaired) electrons. The largest absolute Gasteiger partial charge is 0.311 e. The molecule has 0 saturated carbocycles. The Balaban J connectivity index is 2.17. The SMILES string of the molecule is O=c1c2c(ncn1-c1ccccc1)CNCC2. The van der Waals surface area contributed by atoms with Crippen LogP contribution < -0.4 is 10.9 Å². The van der Waals surface area contributed by atoms with Crippen LogP contribution in [0.4, 0.5) is 0 Å². The summed E-state index contributed by atoms with van der Waals surface area (Å²) in [7, 11) is 0. The van der Waals surface area contributed by atoms with Gasteiger partial charge in [0.1, 0.15) is 6.33 Å². The normalized spacial score (nSPS) is 14.4. The molecular weight excluding hydrogens is 214 g/mol. The van der Waals surface area contributed by atoms with Crippen molar-refractivity contribution in [3.8, 4) is 5.69 Å². The molecular formula is C13H13N3O. The van der Waals surface area contributed by atoms with E-state index < -0.39 is 0 Å². The molecule has 0 amide bonds. The first kappa shape index (κ1) is 10.2. The third-order valence-corrected chi connectivity index (χ3v) is 3.03. The zero-order valence-electron chi connectivity index (χ0n) is 9.39. The molecule has 1 aromatic carbocycles. The van der Waals surface area contributed by atoms with Crippen molar-refractivity contribution in [3.63, 3.8) is 0 Å². The summed E-state index contributed by atoms with van der Waals surface area (Å²) in [5.74, 6) is 0. The fourth-order valence-electron chi connectivity index (χ4n) is 2.12. The van der Waals surface area contributed by atoms with Gasteiger partial charge in [0.2, 0.25) is 0 Å². The number of fused-ring (bicyclic) bond motifs is 1. The molecule has 4 heteroatoms. The summed E-state index contributed by atoms with van der Waals surface area (Å²) in [6, 6.07) is 9.60. The van der Waals surface area contributed by atoms with Crippen LogP contribution in [0.5, 0.6) is 0 Å². The van der Waals surface area contributed by atoms with E-state index in [2.05, 4.69) is 10.3 Å². The lowest BCUT2D eigenvalue weighted by Crippen LogP contribution is -2.33. The molecule has 4 nitrogen and oxygen atoms in total. The first-order chi connectivity index (χ1) is 8.36. The van der Waals surface area contributed by atoms with Gasteiger partial charge in [0.05, 0.1) is 11.4 Å². The fourth-order valence-corrected chi connectivity index (χ4v) is 2.12. The summed E-state index contributed by atoms with van der Waals surface area (Å²) in [5.41, 5.74) is 2.65. The van der Waals surface area contributed by atoms with Crippen LogP contribution in [-0.2, 0) is 13.0 Å². The average Bonchev–Trinajstić information content (AvgIpc) is 2.40. The third-order valence-electron chi connectivity index (χ3n) is 3.03. The summed E-state index contributed by atoms with van der Waals surface area (Å²) in [5, 5.41) is 3.22. The highest BCUT2D eigenvalue weighted by Gasteiger charge is 2.15. The second-order valence-electron chi connectivity index (χ2n) is 4.11. The number of hydrogen-bond acceptors (Lipinski definition) is 3. The maximum Gasteiger partial charge on any atom is 0.261 e. The summed E-state index contributed by atoms with van der Waals surface area (Å²) in [6.07, 6.45) is 2.37. The minimum Gasteiger partial charge on any atom is -0.311 e. The minimum absolute atomic E-state index is 0.0581. The van der Waals surface area contributed by atoms with E-state index >= 15 is 0 Å². The van der Waals surface area contributed by atoms with Gasteiger partial charge in [0, 0.05) is 12.1 Å². The summed E-state index contributed by atoms with van der Waals surface area (Å²) < 4.78 is 1.62. The smallest absolute Gasteiger partial charge is 0.261 e. The van der Waals surface area contributed by atoms with E-state index in [4.69, 9.17) is 0 Å². The van der Waals surface area contributed by atoms with E-state index in [0.29, 0.717) is 6.54 Å². The van der Waals surface area contributed by atoms with Crippen LogP contribution in [0.3, 0.4) is 0 Å². The molecule has 86 valence electrons. The Labute approximate surface area is 98.9 Å². The van der Waals surface area contributed by atoms with Crippen LogP contribution in [0.1, 0.15) is 11.3 Å². The lowest BCUT2D eigenvalue weighted by atomic mass is 10.1. The fraction of sp³-hybridized carbons (Fsp3) is 0.231. The zero-order valence-corrected chi connectivity index (χ0v) is 9.39. The number of rotatable bonds is 1. The number of nitrogens with zero attached hydrogens (tertiary/aromatic N) is 2. The Bertz CT molecular complexity index is 589. The predicted octanol–water partition coefficient (Wildman–Crippen LogP) is 0.878. The van der Waals surface area contributed by atoms with Gasteiger partial charge in [-0.05, 0) is 25.1 Å². The molecule has 2 aromatic rings. The van der Waals surface area contributed by atoms with Gasteiger partial charge in [-0.2, -0.15) is 0 Å². The van der Waals surface area contributed by atoms with Gasteiger partial charge in [-0.25, -0.2) is 4.98 Å². The maximum atomic E-state index is 12.3. The van der Waals surface area contributed by atoms with E-state index in [0.717, 1.165) is 29.9 Å². The van der Waals surface area contributed by atoms with Gasteiger partial charge in [-0.15, -0.1) is 0 Å². The van der Waals surface area contributed by atoms with Crippen molar-refractivity contribution in [1.82, 2.24) is 14.9 Å². The van der Waals surface area contributed by atoms with Crippen LogP contribution in [0.2, 0.25) is 0 Å². The second kappa shape index (κ2) is 4.14. The molecule has 17 heavy (non-hydrogen) atoms. The summed E-state index contributed by atoms with van der Waals surface area (Å²) in [4.78, 5) is 16.7. The molecule has 0 spiro atoms. The van der Waals surface area contributed by atoms with E-state index in [1.165, 1.54) is 0 Å². The molecule has 0 aliphatic carbocycles. The van der Waals surface area contributed by atoms with Crippen LogP contribution in [0.15, 0.2) is 41.5 Å². The van der Waals surface area contributed by atoms with Gasteiger partial charge in [0.25, 0.3) is 5.56 Å². The predicted molar refractivity (Wildman–Crippen MR) is 65.2 cm³/mol. The molecule has 1 aromatic heterocycles. The van der Waals surface area contributed by atoms with E-state index in [-0.39, 0.29) is 5.56 Å². The Morgan fingerprint density at radius 1 is 1.24 bits per heavy atom. The highest BCUT2D eigenvalue weighted by atomic mass is 16.1. The van der Waals surface area contributed by atoms with Crippen molar-refractivity contribution in [3.05, 3.63) is 58.3 Å². The van der Waals surface area contributed by atoms with E-state index in [1.807, 2.05) is 30.3 Å². The first-order valence-electron chi connectivity index (χ1n) is 5.72. The minimum atomic E-state index is 0.0581. The molecule has 0 saturated heterocycles. The molecule has 0 unspecified atom stereocenters. The van der Waals surface area contributed by atoms with Crippen LogP contribution >= 0.6 is 0 Å². The zero-order chi connectivity index (χ0) is 11.7. The van der Waals surface area contributed by atoms with Gasteiger partial charge < -0.3 is 5.32 Å². The number of aromatic nitrogens is 2.